The average molecular weight is 344 g/mol. The van der Waals surface area contributed by atoms with E-state index in [0.29, 0.717) is 31.1 Å². The minimum absolute atomic E-state index is 0.0958. The molecule has 0 unspecified atom stereocenters. The molecule has 2 N–H and O–H groups in total. The minimum Gasteiger partial charge on any atom is -0.492 e. The second kappa shape index (κ2) is 6.61. The van der Waals surface area contributed by atoms with Crippen molar-refractivity contribution in [2.75, 3.05) is 25.1 Å². The van der Waals surface area contributed by atoms with Gasteiger partial charge in [0.05, 0.1) is 6.10 Å². The van der Waals surface area contributed by atoms with Gasteiger partial charge in [-0.3, -0.25) is 4.79 Å². The van der Waals surface area contributed by atoms with Gasteiger partial charge in [0.2, 0.25) is 5.91 Å². The number of carbonyl (C=O) groups excluding carboxylic acids is 1. The number of benzene rings is 1. The van der Waals surface area contributed by atoms with Gasteiger partial charge in [-0.05, 0) is 43.0 Å². The number of aryl methyl sites for hydroxylation is 1. The van der Waals surface area contributed by atoms with E-state index >= 15 is 0 Å². The average Bonchev–Trinajstić information content (AvgIpc) is 2.61. The zero-order valence-corrected chi connectivity index (χ0v) is 15.1. The number of rotatable bonds is 5. The number of hydrogen-bond donors (Lipinski definition) is 2. The maximum absolute atomic E-state index is 11.4. The normalized spacial score (nSPS) is 29.8. The second-order valence-corrected chi connectivity index (χ2v) is 8.07. The number of fused-ring (bicyclic) bond motifs is 2. The Balaban J connectivity index is 1.27. The Morgan fingerprint density at radius 1 is 1.36 bits per heavy atom. The third kappa shape index (κ3) is 3.15. The molecule has 3 aliphatic rings. The molecule has 136 valence electrons. The van der Waals surface area contributed by atoms with Crippen LogP contribution in [0.15, 0.2) is 18.2 Å². The number of hydrogen-bond acceptors (Lipinski definition) is 4. The van der Waals surface area contributed by atoms with E-state index in [-0.39, 0.29) is 11.3 Å². The number of ether oxygens (including phenoxy) is 2. The summed E-state index contributed by atoms with van der Waals surface area (Å²) >= 11 is 0. The fourth-order valence-electron chi connectivity index (χ4n) is 4.77. The molecule has 25 heavy (non-hydrogen) atoms. The molecule has 3 atom stereocenters. The van der Waals surface area contributed by atoms with Crippen LogP contribution in [0.2, 0.25) is 0 Å². The Bertz CT molecular complexity index is 658. The van der Waals surface area contributed by atoms with Gasteiger partial charge >= 0.3 is 0 Å². The molecule has 1 amide bonds. The van der Waals surface area contributed by atoms with E-state index in [1.165, 1.54) is 12.8 Å². The zero-order chi connectivity index (χ0) is 17.4. The van der Waals surface area contributed by atoms with E-state index in [1.54, 1.807) is 0 Å². The van der Waals surface area contributed by atoms with Crippen molar-refractivity contribution >= 4 is 11.6 Å². The van der Waals surface area contributed by atoms with E-state index in [9.17, 15) is 4.79 Å². The molecule has 1 aliphatic carbocycles. The van der Waals surface area contributed by atoms with Gasteiger partial charge in [-0.25, -0.2) is 0 Å². The zero-order valence-electron chi connectivity index (χ0n) is 15.1. The topological polar surface area (TPSA) is 59.6 Å². The van der Waals surface area contributed by atoms with E-state index in [1.807, 2.05) is 18.2 Å². The lowest BCUT2D eigenvalue weighted by atomic mass is 9.55. The lowest BCUT2D eigenvalue weighted by Gasteiger charge is -2.60. The van der Waals surface area contributed by atoms with Gasteiger partial charge in [-0.2, -0.15) is 0 Å². The fourth-order valence-corrected chi connectivity index (χ4v) is 4.77. The highest BCUT2D eigenvalue weighted by atomic mass is 16.5. The predicted octanol–water partition coefficient (Wildman–Crippen LogP) is 2.74. The maximum Gasteiger partial charge on any atom is 0.224 e. The summed E-state index contributed by atoms with van der Waals surface area (Å²) in [5.74, 6) is 1.62. The van der Waals surface area contributed by atoms with Crippen LogP contribution in [0, 0.1) is 11.3 Å². The van der Waals surface area contributed by atoms with Gasteiger partial charge in [-0.15, -0.1) is 0 Å². The number of carbonyl (C=O) groups is 1. The quantitative estimate of drug-likeness (QED) is 0.807. The van der Waals surface area contributed by atoms with Crippen LogP contribution >= 0.6 is 0 Å². The summed E-state index contributed by atoms with van der Waals surface area (Å²) in [6.45, 7) is 7.01. The lowest BCUT2D eigenvalue weighted by molar-refractivity contribution is -0.192. The van der Waals surface area contributed by atoms with Crippen molar-refractivity contribution in [1.82, 2.24) is 5.32 Å². The van der Waals surface area contributed by atoms with Crippen molar-refractivity contribution in [3.05, 3.63) is 23.8 Å². The fraction of sp³-hybridized carbons (Fsp3) is 0.650. The molecule has 2 aliphatic heterocycles. The molecule has 1 aromatic carbocycles. The number of nitrogens with one attached hydrogen (secondary N) is 2. The molecule has 2 fully saturated rings. The minimum atomic E-state index is 0.0958. The van der Waals surface area contributed by atoms with Crippen LogP contribution in [0.5, 0.6) is 5.75 Å². The molecule has 0 spiro atoms. The van der Waals surface area contributed by atoms with Gasteiger partial charge in [-0.1, -0.05) is 13.8 Å². The molecule has 5 heteroatoms. The van der Waals surface area contributed by atoms with Crippen LogP contribution in [0.4, 0.5) is 5.69 Å². The van der Waals surface area contributed by atoms with Crippen molar-refractivity contribution in [3.63, 3.8) is 0 Å². The monoisotopic (exact) mass is 344 g/mol. The Morgan fingerprint density at radius 3 is 3.12 bits per heavy atom. The lowest BCUT2D eigenvalue weighted by Crippen LogP contribution is -2.69. The van der Waals surface area contributed by atoms with E-state index in [4.69, 9.17) is 9.47 Å². The first-order chi connectivity index (χ1) is 12.1. The Labute approximate surface area is 149 Å². The first-order valence-electron chi connectivity index (χ1n) is 9.46. The van der Waals surface area contributed by atoms with E-state index in [2.05, 4.69) is 24.5 Å². The van der Waals surface area contributed by atoms with E-state index in [0.717, 1.165) is 36.6 Å². The van der Waals surface area contributed by atoms with Crippen molar-refractivity contribution in [1.29, 1.82) is 0 Å². The first kappa shape index (κ1) is 16.9. The summed E-state index contributed by atoms with van der Waals surface area (Å²) in [5, 5.41) is 6.59. The highest BCUT2D eigenvalue weighted by molar-refractivity contribution is 5.93. The summed E-state index contributed by atoms with van der Waals surface area (Å²) in [6, 6.07) is 6.43. The highest BCUT2D eigenvalue weighted by Crippen LogP contribution is 2.51. The molecule has 5 nitrogen and oxygen atoms in total. The molecule has 0 bridgehead atoms. The summed E-state index contributed by atoms with van der Waals surface area (Å²) in [5.41, 5.74) is 2.28. The molecule has 1 aromatic rings. The predicted molar refractivity (Wildman–Crippen MR) is 96.9 cm³/mol. The van der Waals surface area contributed by atoms with Crippen molar-refractivity contribution in [2.24, 2.45) is 11.3 Å². The second-order valence-electron chi connectivity index (χ2n) is 8.07. The van der Waals surface area contributed by atoms with Gasteiger partial charge < -0.3 is 20.1 Å². The van der Waals surface area contributed by atoms with Crippen molar-refractivity contribution < 1.29 is 14.3 Å². The van der Waals surface area contributed by atoms with E-state index < -0.39 is 0 Å². The largest absolute Gasteiger partial charge is 0.492 e. The van der Waals surface area contributed by atoms with Crippen LogP contribution in [0.1, 0.15) is 38.7 Å². The van der Waals surface area contributed by atoms with Crippen molar-refractivity contribution in [2.45, 2.75) is 51.7 Å². The van der Waals surface area contributed by atoms with Crippen LogP contribution in [0.3, 0.4) is 0 Å². The molecule has 1 saturated heterocycles. The number of amides is 1. The summed E-state index contributed by atoms with van der Waals surface area (Å²) in [4.78, 5) is 11.4. The standard InChI is InChI=1S/C20H28N2O3/c1-20(2)18(15-4-3-10-25-19(15)20)21-9-11-24-14-6-7-16-13(12-14)5-8-17(23)22-16/h6-7,12,15,18-19,21H,3-5,8-11H2,1-2H3,(H,22,23)/t15-,18+,19-/m0/s1. The molecule has 0 radical (unpaired) electrons. The van der Waals surface area contributed by atoms with Crippen molar-refractivity contribution in [3.8, 4) is 5.75 Å². The molecule has 4 rings (SSSR count). The molecular formula is C20H28N2O3. The third-order valence-corrected chi connectivity index (χ3v) is 6.04. The smallest absolute Gasteiger partial charge is 0.224 e. The van der Waals surface area contributed by atoms with Gasteiger partial charge in [0.15, 0.2) is 0 Å². The first-order valence-corrected chi connectivity index (χ1v) is 9.46. The van der Waals surface area contributed by atoms with Gasteiger partial charge in [0.1, 0.15) is 12.4 Å². The van der Waals surface area contributed by atoms with Crippen LogP contribution in [0.25, 0.3) is 0 Å². The molecule has 2 heterocycles. The van der Waals surface area contributed by atoms with Crippen LogP contribution in [-0.4, -0.2) is 37.8 Å². The summed E-state index contributed by atoms with van der Waals surface area (Å²) < 4.78 is 11.9. The SMILES string of the molecule is CC1(C)[C@H](NCCOc2ccc3c(c2)CCC(=O)N3)[C@@H]2CCCO[C@@H]21. The Kier molecular flexibility index (Phi) is 4.46. The molecular weight excluding hydrogens is 316 g/mol. The third-order valence-electron chi connectivity index (χ3n) is 6.04. The Morgan fingerprint density at radius 2 is 2.24 bits per heavy atom. The van der Waals surface area contributed by atoms with Crippen LogP contribution < -0.4 is 15.4 Å². The van der Waals surface area contributed by atoms with Gasteiger partial charge in [0, 0.05) is 42.6 Å². The van der Waals surface area contributed by atoms with Crippen LogP contribution in [-0.2, 0) is 16.0 Å². The maximum atomic E-state index is 11.4. The molecule has 0 aromatic heterocycles. The molecule has 1 saturated carbocycles. The Hall–Kier alpha value is -1.59. The number of anilines is 1. The van der Waals surface area contributed by atoms with Gasteiger partial charge in [0.25, 0.3) is 0 Å². The highest BCUT2D eigenvalue weighted by Gasteiger charge is 2.57. The summed E-state index contributed by atoms with van der Waals surface area (Å²) in [7, 11) is 0. The summed E-state index contributed by atoms with van der Waals surface area (Å²) in [6.07, 6.45) is 4.20.